The minimum absolute atomic E-state index is 0. The van der Waals surface area contributed by atoms with Crippen molar-refractivity contribution in [3.8, 4) is 34.1 Å². The molecule has 0 unspecified atom stereocenters. The Morgan fingerprint density at radius 3 is 2.38 bits per heavy atom. The van der Waals surface area contributed by atoms with Gasteiger partial charge in [0.05, 0.1) is 6.20 Å². The van der Waals surface area contributed by atoms with Gasteiger partial charge in [-0.3, -0.25) is 4.68 Å². The van der Waals surface area contributed by atoms with Crippen LogP contribution in [-0.4, -0.2) is 19.3 Å². The first-order valence-corrected chi connectivity index (χ1v) is 13.0. The number of aryl methyl sites for hydroxylation is 2. The van der Waals surface area contributed by atoms with E-state index in [1.165, 1.54) is 30.5 Å². The third-order valence-corrected chi connectivity index (χ3v) is 7.08. The predicted octanol–water partition coefficient (Wildman–Crippen LogP) is 8.32. The van der Waals surface area contributed by atoms with Gasteiger partial charge < -0.3 is 9.30 Å². The molecule has 0 fully saturated rings. The molecule has 5 nitrogen and oxygen atoms in total. The molecule has 42 heavy (non-hydrogen) atoms. The van der Waals surface area contributed by atoms with E-state index in [-0.39, 0.29) is 32.7 Å². The van der Waals surface area contributed by atoms with E-state index in [0.29, 0.717) is 23.0 Å². The van der Waals surface area contributed by atoms with Crippen LogP contribution in [0.5, 0.6) is 11.5 Å². The molecule has 0 aliphatic rings. The van der Waals surface area contributed by atoms with Crippen LogP contribution in [0.15, 0.2) is 97.5 Å². The number of nitrogens with zero attached hydrogens (tertiary/aromatic N) is 4. The average molecular weight is 736 g/mol. The first kappa shape index (κ1) is 27.6. The van der Waals surface area contributed by atoms with Crippen molar-refractivity contribution in [2.75, 3.05) is 0 Å². The zero-order chi connectivity index (χ0) is 28.1. The summed E-state index contributed by atoms with van der Waals surface area (Å²) in [5.74, 6) is 0.795. The van der Waals surface area contributed by atoms with Gasteiger partial charge in [0.2, 0.25) is 0 Å². The second-order valence-corrected chi connectivity index (χ2v) is 9.86. The Morgan fingerprint density at radius 1 is 0.786 bits per heavy atom. The van der Waals surface area contributed by atoms with Crippen molar-refractivity contribution in [3.63, 3.8) is 0 Å². The van der Waals surface area contributed by atoms with Crippen molar-refractivity contribution in [2.45, 2.75) is 13.8 Å². The third-order valence-electron chi connectivity index (χ3n) is 7.08. The Kier molecular flexibility index (Phi) is 7.21. The van der Waals surface area contributed by atoms with Gasteiger partial charge in [0, 0.05) is 41.0 Å². The van der Waals surface area contributed by atoms with Gasteiger partial charge in [0.25, 0.3) is 0 Å². The van der Waals surface area contributed by atoms with E-state index < -0.39 is 0 Å². The number of halogens is 2. The van der Waals surface area contributed by atoms with Crippen LogP contribution in [0.3, 0.4) is 0 Å². The maximum absolute atomic E-state index is 14.1. The normalized spacial score (nSPS) is 11.1. The zero-order valence-corrected chi connectivity index (χ0v) is 24.8. The molecule has 208 valence electrons. The van der Waals surface area contributed by atoms with Crippen molar-refractivity contribution < 1.29 is 34.6 Å². The maximum atomic E-state index is 14.1. The van der Waals surface area contributed by atoms with Crippen molar-refractivity contribution in [3.05, 3.63) is 132 Å². The van der Waals surface area contributed by atoms with E-state index in [1.54, 1.807) is 10.9 Å². The second-order valence-electron chi connectivity index (χ2n) is 9.86. The number of ether oxygens (including phenoxy) is 1. The van der Waals surface area contributed by atoms with Crippen LogP contribution in [0, 0.1) is 37.6 Å². The quantitative estimate of drug-likeness (QED) is 0.167. The van der Waals surface area contributed by atoms with Gasteiger partial charge in [-0.25, -0.2) is 13.8 Å². The number of aromatic nitrogens is 4. The number of fused-ring (bicyclic) bond motifs is 3. The molecule has 0 bridgehead atoms. The molecule has 0 aliphatic heterocycles. The van der Waals surface area contributed by atoms with Crippen molar-refractivity contribution in [1.82, 2.24) is 19.3 Å². The van der Waals surface area contributed by atoms with Gasteiger partial charge in [-0.05, 0) is 65.9 Å². The van der Waals surface area contributed by atoms with Crippen LogP contribution in [0.2, 0.25) is 0 Å². The van der Waals surface area contributed by atoms with E-state index in [9.17, 15) is 8.78 Å². The van der Waals surface area contributed by atoms with E-state index in [4.69, 9.17) is 4.74 Å². The third kappa shape index (κ3) is 4.90. The van der Waals surface area contributed by atoms with Gasteiger partial charge in [0.1, 0.15) is 17.5 Å². The molecular weight excluding hydrogens is 713 g/mol. The van der Waals surface area contributed by atoms with Crippen molar-refractivity contribution in [1.29, 1.82) is 0 Å². The molecule has 0 saturated heterocycles. The number of para-hydroxylation sites is 1. The Labute approximate surface area is 255 Å². The summed E-state index contributed by atoms with van der Waals surface area (Å²) in [7, 11) is 0. The van der Waals surface area contributed by atoms with E-state index >= 15 is 0 Å². The largest absolute Gasteiger partial charge is 2.00 e. The predicted molar refractivity (Wildman–Crippen MR) is 155 cm³/mol. The molecule has 3 heterocycles. The Bertz CT molecular complexity index is 2080. The Hall–Kier alpha value is -4.61. The van der Waals surface area contributed by atoms with Crippen LogP contribution in [0.1, 0.15) is 11.1 Å². The summed E-state index contributed by atoms with van der Waals surface area (Å²) in [4.78, 5) is 4.41. The van der Waals surface area contributed by atoms with Gasteiger partial charge in [-0.2, -0.15) is 17.2 Å². The SMILES string of the molecule is Cc1cc(F)cc(C)c1-c1cnn(-c2[c-]c(Oc3[c-]c4c(cc3)c3ccccc3n4-c3cc(F)ccn3)ccc2)c1.[Pt+2]. The smallest absolute Gasteiger partial charge is 0.509 e. The zero-order valence-electron chi connectivity index (χ0n) is 22.5. The van der Waals surface area contributed by atoms with Gasteiger partial charge >= 0.3 is 21.1 Å². The van der Waals surface area contributed by atoms with Crippen LogP contribution >= 0.6 is 0 Å². The molecule has 0 spiro atoms. The summed E-state index contributed by atoms with van der Waals surface area (Å²) in [6.45, 7) is 3.78. The molecule has 0 saturated carbocycles. The molecule has 3 aromatic heterocycles. The van der Waals surface area contributed by atoms with Gasteiger partial charge in [0.15, 0.2) is 0 Å². The van der Waals surface area contributed by atoms with Gasteiger partial charge in [-0.15, -0.1) is 35.7 Å². The topological polar surface area (TPSA) is 44.9 Å². The second kappa shape index (κ2) is 11.0. The summed E-state index contributed by atoms with van der Waals surface area (Å²) in [5, 5.41) is 6.48. The standard InChI is InChI=1S/C34H22F2N4O.Pt/c1-21-14-25(36)15-22(2)34(21)23-19-38-39(20-23)26-6-5-7-27(17-26)41-28-10-11-30-29-8-3-4-9-31(29)40(32(30)18-28)33-16-24(35)12-13-37-33;/h3-16,19-20H,1-2H3;/q-2;+2. The summed E-state index contributed by atoms with van der Waals surface area (Å²) < 4.78 is 37.8. The van der Waals surface area contributed by atoms with Crippen molar-refractivity contribution in [2.24, 2.45) is 0 Å². The fourth-order valence-corrected chi connectivity index (χ4v) is 5.39. The van der Waals surface area contributed by atoms with E-state index in [0.717, 1.165) is 44.1 Å². The maximum Gasteiger partial charge on any atom is 2.00 e. The average Bonchev–Trinajstić information content (AvgIpc) is 3.56. The first-order chi connectivity index (χ1) is 19.9. The monoisotopic (exact) mass is 735 g/mol. The van der Waals surface area contributed by atoms with Crippen LogP contribution in [-0.2, 0) is 21.1 Å². The van der Waals surface area contributed by atoms with Crippen LogP contribution in [0.25, 0.3) is 44.4 Å². The molecule has 0 aliphatic carbocycles. The molecule has 7 aromatic rings. The number of hydrogen-bond donors (Lipinski definition) is 0. The molecular formula is C34H22F2N4OPt. The van der Waals surface area contributed by atoms with Crippen LogP contribution in [0.4, 0.5) is 8.78 Å². The number of rotatable bonds is 5. The number of benzene rings is 4. The molecule has 7 rings (SSSR count). The van der Waals surface area contributed by atoms with E-state index in [1.807, 2.05) is 79.2 Å². The minimum atomic E-state index is -0.369. The molecule has 8 heteroatoms. The molecule has 4 aromatic carbocycles. The summed E-state index contributed by atoms with van der Waals surface area (Å²) in [6, 6.07) is 29.7. The minimum Gasteiger partial charge on any atom is -0.509 e. The van der Waals surface area contributed by atoms with Crippen LogP contribution < -0.4 is 4.74 Å². The first-order valence-electron chi connectivity index (χ1n) is 13.0. The Morgan fingerprint density at radius 2 is 1.57 bits per heavy atom. The van der Waals surface area contributed by atoms with Gasteiger partial charge in [-0.1, -0.05) is 23.7 Å². The number of hydrogen-bond acceptors (Lipinski definition) is 3. The molecule has 0 atom stereocenters. The molecule has 0 amide bonds. The summed E-state index contributed by atoms with van der Waals surface area (Å²) in [6.07, 6.45) is 5.10. The Balaban J connectivity index is 0.00000316. The fraction of sp³-hybridized carbons (Fsp3) is 0.0588. The summed E-state index contributed by atoms with van der Waals surface area (Å²) in [5.41, 5.74) is 5.84. The molecule has 0 N–H and O–H groups in total. The van der Waals surface area contributed by atoms with E-state index in [2.05, 4.69) is 22.2 Å². The number of pyridine rings is 1. The summed E-state index contributed by atoms with van der Waals surface area (Å²) >= 11 is 0. The fourth-order valence-electron chi connectivity index (χ4n) is 5.39. The van der Waals surface area contributed by atoms with Crippen molar-refractivity contribution >= 4 is 21.8 Å². The molecule has 0 radical (unpaired) electrons.